The first kappa shape index (κ1) is 6.70. The molecule has 1 aromatic heterocycles. The minimum Gasteiger partial charge on any atom is -0.413 e. The van der Waals surface area contributed by atoms with Crippen molar-refractivity contribution < 1.29 is 4.42 Å². The van der Waals surface area contributed by atoms with E-state index in [1.807, 2.05) is 0 Å². The second kappa shape index (κ2) is 2.26. The van der Waals surface area contributed by atoms with Crippen molar-refractivity contribution >= 4 is 0 Å². The molecule has 11 heavy (non-hydrogen) atoms. The lowest BCUT2D eigenvalue weighted by atomic mass is 10.0. The van der Waals surface area contributed by atoms with Gasteiger partial charge in [0.05, 0.1) is 5.69 Å². The number of hydrogen-bond donors (Lipinski definition) is 0. The van der Waals surface area contributed by atoms with Crippen LogP contribution in [0.1, 0.15) is 24.3 Å². The number of oxazole rings is 1. The molecule has 1 aliphatic carbocycles. The quantitative estimate of drug-likeness (QED) is 0.554. The Morgan fingerprint density at radius 2 is 2.09 bits per heavy atom. The lowest BCUT2D eigenvalue weighted by molar-refractivity contribution is 0.443. The third-order valence-electron chi connectivity index (χ3n) is 2.28. The van der Waals surface area contributed by atoms with Crippen LogP contribution in [0.2, 0.25) is 0 Å². The lowest BCUT2D eigenvalue weighted by Gasteiger charge is -2.08. The molecule has 1 aromatic rings. The molecular weight excluding hydrogens is 142 g/mol. The standard InChI is InChI=1S/C8H11NO2/c1-9-6-4-2-3-5-7(6)11-8(9)10/h2-5H2,1H3. The van der Waals surface area contributed by atoms with Crippen LogP contribution >= 0.6 is 0 Å². The Hall–Kier alpha value is -0.990. The molecule has 0 aromatic carbocycles. The summed E-state index contributed by atoms with van der Waals surface area (Å²) in [5.41, 5.74) is 1.10. The molecule has 2 rings (SSSR count). The number of aryl methyl sites for hydroxylation is 1. The van der Waals surface area contributed by atoms with E-state index in [0.29, 0.717) is 0 Å². The highest BCUT2D eigenvalue weighted by molar-refractivity contribution is 5.12. The third-order valence-corrected chi connectivity index (χ3v) is 2.28. The maximum Gasteiger partial charge on any atom is 0.419 e. The van der Waals surface area contributed by atoms with Gasteiger partial charge in [-0.25, -0.2) is 4.79 Å². The number of fused-ring (bicyclic) bond motifs is 1. The van der Waals surface area contributed by atoms with Crippen molar-refractivity contribution in [1.29, 1.82) is 0 Å². The van der Waals surface area contributed by atoms with Gasteiger partial charge in [-0.05, 0) is 19.3 Å². The summed E-state index contributed by atoms with van der Waals surface area (Å²) >= 11 is 0. The maximum absolute atomic E-state index is 11.0. The van der Waals surface area contributed by atoms with Crippen LogP contribution in [0.15, 0.2) is 9.21 Å². The van der Waals surface area contributed by atoms with Crippen LogP contribution in [0.4, 0.5) is 0 Å². The number of aromatic nitrogens is 1. The van der Waals surface area contributed by atoms with Crippen molar-refractivity contribution in [1.82, 2.24) is 4.57 Å². The molecule has 0 radical (unpaired) electrons. The summed E-state index contributed by atoms with van der Waals surface area (Å²) in [6.45, 7) is 0. The van der Waals surface area contributed by atoms with E-state index < -0.39 is 0 Å². The first-order chi connectivity index (χ1) is 5.29. The summed E-state index contributed by atoms with van der Waals surface area (Å²) in [7, 11) is 1.77. The molecule has 0 saturated carbocycles. The molecule has 0 atom stereocenters. The van der Waals surface area contributed by atoms with Gasteiger partial charge in [0.15, 0.2) is 0 Å². The zero-order valence-corrected chi connectivity index (χ0v) is 6.59. The fraction of sp³-hybridized carbons (Fsp3) is 0.625. The average Bonchev–Trinajstić information content (AvgIpc) is 2.30. The molecule has 3 heteroatoms. The van der Waals surface area contributed by atoms with Crippen LogP contribution in [-0.4, -0.2) is 4.57 Å². The normalized spacial score (nSPS) is 16.5. The summed E-state index contributed by atoms with van der Waals surface area (Å²) in [4.78, 5) is 11.0. The molecule has 0 spiro atoms. The van der Waals surface area contributed by atoms with Crippen molar-refractivity contribution in [2.45, 2.75) is 25.7 Å². The van der Waals surface area contributed by atoms with Crippen molar-refractivity contribution in [3.63, 3.8) is 0 Å². The Labute approximate surface area is 64.6 Å². The van der Waals surface area contributed by atoms with E-state index in [9.17, 15) is 4.79 Å². The summed E-state index contributed by atoms with van der Waals surface area (Å²) < 4.78 is 6.66. The Balaban J connectivity index is 2.59. The third kappa shape index (κ3) is 0.914. The summed E-state index contributed by atoms with van der Waals surface area (Å²) in [5, 5.41) is 0. The monoisotopic (exact) mass is 153 g/mol. The highest BCUT2D eigenvalue weighted by atomic mass is 16.4. The van der Waals surface area contributed by atoms with E-state index in [1.165, 1.54) is 6.42 Å². The van der Waals surface area contributed by atoms with Gasteiger partial charge in [-0.15, -0.1) is 0 Å². The van der Waals surface area contributed by atoms with Gasteiger partial charge in [-0.1, -0.05) is 0 Å². The molecule has 0 aliphatic heterocycles. The molecule has 1 aliphatic rings. The van der Waals surface area contributed by atoms with E-state index >= 15 is 0 Å². The van der Waals surface area contributed by atoms with Crippen LogP contribution < -0.4 is 5.76 Å². The topological polar surface area (TPSA) is 35.1 Å². The van der Waals surface area contributed by atoms with Gasteiger partial charge in [0.25, 0.3) is 0 Å². The Morgan fingerprint density at radius 3 is 2.82 bits per heavy atom. The van der Waals surface area contributed by atoms with Crippen LogP contribution in [0.3, 0.4) is 0 Å². The van der Waals surface area contributed by atoms with Gasteiger partial charge in [-0.2, -0.15) is 0 Å². The van der Waals surface area contributed by atoms with Gasteiger partial charge in [0, 0.05) is 13.5 Å². The zero-order valence-electron chi connectivity index (χ0n) is 6.59. The highest BCUT2D eigenvalue weighted by Crippen LogP contribution is 2.18. The van der Waals surface area contributed by atoms with Gasteiger partial charge >= 0.3 is 5.76 Å². The van der Waals surface area contributed by atoms with E-state index in [4.69, 9.17) is 4.42 Å². The molecule has 0 saturated heterocycles. The van der Waals surface area contributed by atoms with Crippen LogP contribution in [0.25, 0.3) is 0 Å². The Kier molecular flexibility index (Phi) is 1.37. The van der Waals surface area contributed by atoms with Gasteiger partial charge in [0.1, 0.15) is 5.76 Å². The second-order valence-corrected chi connectivity index (χ2v) is 3.00. The number of nitrogens with zero attached hydrogens (tertiary/aromatic N) is 1. The van der Waals surface area contributed by atoms with Gasteiger partial charge < -0.3 is 4.42 Å². The maximum atomic E-state index is 11.0. The molecule has 0 unspecified atom stereocenters. The summed E-state index contributed by atoms with van der Waals surface area (Å²) in [6, 6.07) is 0. The van der Waals surface area contributed by atoms with Gasteiger partial charge in [0.2, 0.25) is 0 Å². The minimum atomic E-state index is -0.211. The molecule has 0 amide bonds. The van der Waals surface area contributed by atoms with Crippen molar-refractivity contribution in [3.8, 4) is 0 Å². The van der Waals surface area contributed by atoms with Crippen molar-refractivity contribution in [2.24, 2.45) is 7.05 Å². The fourth-order valence-corrected chi connectivity index (χ4v) is 1.61. The largest absolute Gasteiger partial charge is 0.419 e. The molecule has 0 N–H and O–H groups in total. The van der Waals surface area contributed by atoms with E-state index in [-0.39, 0.29) is 5.76 Å². The Morgan fingerprint density at radius 1 is 1.36 bits per heavy atom. The predicted molar refractivity (Wildman–Crippen MR) is 40.6 cm³/mol. The SMILES string of the molecule is Cn1c2c(oc1=O)CCCC2. The number of hydrogen-bond acceptors (Lipinski definition) is 2. The average molecular weight is 153 g/mol. The summed E-state index contributed by atoms with van der Waals surface area (Å²) in [6.07, 6.45) is 4.27. The molecule has 0 fully saturated rings. The minimum absolute atomic E-state index is 0.211. The first-order valence-electron chi connectivity index (χ1n) is 3.96. The number of rotatable bonds is 0. The van der Waals surface area contributed by atoms with E-state index in [0.717, 1.165) is 30.7 Å². The molecule has 1 heterocycles. The van der Waals surface area contributed by atoms with Crippen molar-refractivity contribution in [2.75, 3.05) is 0 Å². The molecular formula is C8H11NO2. The highest BCUT2D eigenvalue weighted by Gasteiger charge is 2.16. The summed E-state index contributed by atoms with van der Waals surface area (Å²) in [5.74, 6) is 0.695. The van der Waals surface area contributed by atoms with E-state index in [1.54, 1.807) is 11.6 Å². The van der Waals surface area contributed by atoms with E-state index in [2.05, 4.69) is 0 Å². The van der Waals surface area contributed by atoms with Gasteiger partial charge in [-0.3, -0.25) is 4.57 Å². The Bertz CT molecular complexity index is 321. The van der Waals surface area contributed by atoms with Crippen molar-refractivity contribution in [3.05, 3.63) is 22.0 Å². The lowest BCUT2D eigenvalue weighted by Crippen LogP contribution is -2.13. The molecule has 60 valence electrons. The predicted octanol–water partition coefficient (Wildman–Crippen LogP) is 0.857. The fourth-order valence-electron chi connectivity index (χ4n) is 1.61. The second-order valence-electron chi connectivity index (χ2n) is 3.00. The smallest absolute Gasteiger partial charge is 0.413 e. The van der Waals surface area contributed by atoms with Crippen LogP contribution in [0.5, 0.6) is 0 Å². The van der Waals surface area contributed by atoms with Crippen LogP contribution in [0, 0.1) is 0 Å². The first-order valence-corrected chi connectivity index (χ1v) is 3.96. The molecule has 3 nitrogen and oxygen atoms in total. The zero-order chi connectivity index (χ0) is 7.84. The molecule has 0 bridgehead atoms. The van der Waals surface area contributed by atoms with Crippen LogP contribution in [-0.2, 0) is 19.9 Å².